The van der Waals surface area contributed by atoms with Crippen LogP contribution in [0.3, 0.4) is 0 Å². The second-order valence-electron chi connectivity index (χ2n) is 5.82. The normalized spacial score (nSPS) is 10.4. The van der Waals surface area contributed by atoms with Crippen LogP contribution in [-0.2, 0) is 13.5 Å². The Hall–Kier alpha value is -2.83. The number of hydrogen-bond donors (Lipinski definition) is 1. The van der Waals surface area contributed by atoms with E-state index in [2.05, 4.69) is 10.4 Å². The molecule has 0 radical (unpaired) electrons. The zero-order valence-electron chi connectivity index (χ0n) is 15.1. The SMILES string of the molecule is CCOc1ccc(C(C)=O)cc1NC(=O)N(C)CCc1cnn(C)c1. The molecule has 0 aliphatic carbocycles. The van der Waals surface area contributed by atoms with E-state index in [4.69, 9.17) is 4.74 Å². The number of Topliss-reactive ketones (excluding diaryl/α,β-unsaturated/α-hetero) is 1. The minimum Gasteiger partial charge on any atom is -0.492 e. The maximum absolute atomic E-state index is 12.4. The van der Waals surface area contributed by atoms with Crippen molar-refractivity contribution < 1.29 is 14.3 Å². The van der Waals surface area contributed by atoms with Gasteiger partial charge in [0.05, 0.1) is 18.5 Å². The highest BCUT2D eigenvalue weighted by atomic mass is 16.5. The van der Waals surface area contributed by atoms with Crippen molar-refractivity contribution in [2.75, 3.05) is 25.5 Å². The third kappa shape index (κ3) is 5.07. The van der Waals surface area contributed by atoms with Crippen LogP contribution in [0.25, 0.3) is 0 Å². The molecular formula is C18H24N4O3. The van der Waals surface area contributed by atoms with Gasteiger partial charge in [-0.05, 0) is 44.0 Å². The zero-order chi connectivity index (χ0) is 18.4. The Morgan fingerprint density at radius 3 is 2.72 bits per heavy atom. The molecule has 2 aromatic rings. The van der Waals surface area contributed by atoms with Crippen molar-refractivity contribution in [1.29, 1.82) is 0 Å². The van der Waals surface area contributed by atoms with E-state index < -0.39 is 0 Å². The molecule has 0 aliphatic rings. The molecule has 1 aromatic carbocycles. The number of nitrogens with zero attached hydrogens (tertiary/aromatic N) is 3. The van der Waals surface area contributed by atoms with E-state index in [9.17, 15) is 9.59 Å². The average molecular weight is 344 g/mol. The van der Waals surface area contributed by atoms with Crippen LogP contribution < -0.4 is 10.1 Å². The largest absolute Gasteiger partial charge is 0.492 e. The lowest BCUT2D eigenvalue weighted by molar-refractivity contribution is 0.101. The van der Waals surface area contributed by atoms with E-state index >= 15 is 0 Å². The van der Waals surface area contributed by atoms with Crippen LogP contribution in [0.15, 0.2) is 30.6 Å². The number of amides is 2. The summed E-state index contributed by atoms with van der Waals surface area (Å²) in [4.78, 5) is 25.6. The minimum absolute atomic E-state index is 0.0662. The summed E-state index contributed by atoms with van der Waals surface area (Å²) in [5, 5.41) is 6.94. The molecule has 0 fully saturated rings. The fourth-order valence-corrected chi connectivity index (χ4v) is 2.34. The van der Waals surface area contributed by atoms with Crippen molar-refractivity contribution in [3.8, 4) is 5.75 Å². The monoisotopic (exact) mass is 344 g/mol. The molecular weight excluding hydrogens is 320 g/mol. The predicted molar refractivity (Wildman–Crippen MR) is 96.2 cm³/mol. The van der Waals surface area contributed by atoms with Crippen LogP contribution in [-0.4, -0.2) is 46.7 Å². The molecule has 0 atom stereocenters. The first-order chi connectivity index (χ1) is 11.9. The number of benzene rings is 1. The number of ether oxygens (including phenoxy) is 1. The van der Waals surface area contributed by atoms with Gasteiger partial charge < -0.3 is 15.0 Å². The van der Waals surface area contributed by atoms with Crippen molar-refractivity contribution >= 4 is 17.5 Å². The van der Waals surface area contributed by atoms with Gasteiger partial charge >= 0.3 is 6.03 Å². The molecule has 7 nitrogen and oxygen atoms in total. The van der Waals surface area contributed by atoms with Crippen molar-refractivity contribution in [2.24, 2.45) is 7.05 Å². The number of urea groups is 1. The maximum Gasteiger partial charge on any atom is 0.321 e. The number of aromatic nitrogens is 2. The molecule has 7 heteroatoms. The van der Waals surface area contributed by atoms with Gasteiger partial charge in [-0.25, -0.2) is 4.79 Å². The predicted octanol–water partition coefficient (Wildman–Crippen LogP) is 2.73. The van der Waals surface area contributed by atoms with Crippen molar-refractivity contribution in [2.45, 2.75) is 20.3 Å². The Morgan fingerprint density at radius 2 is 2.12 bits per heavy atom. The number of rotatable bonds is 7. The Kier molecular flexibility index (Phi) is 6.16. The van der Waals surface area contributed by atoms with Crippen LogP contribution in [0, 0.1) is 0 Å². The first-order valence-corrected chi connectivity index (χ1v) is 8.18. The highest BCUT2D eigenvalue weighted by molar-refractivity contribution is 5.97. The summed E-state index contributed by atoms with van der Waals surface area (Å²) >= 11 is 0. The second kappa shape index (κ2) is 8.32. The van der Waals surface area contributed by atoms with E-state index in [1.165, 1.54) is 6.92 Å². The lowest BCUT2D eigenvalue weighted by atomic mass is 10.1. The molecule has 0 aliphatic heterocycles. The number of carbonyl (C=O) groups excluding carboxylic acids is 2. The summed E-state index contributed by atoms with van der Waals surface area (Å²) in [6.45, 7) is 4.37. The second-order valence-corrected chi connectivity index (χ2v) is 5.82. The number of ketones is 1. The minimum atomic E-state index is -0.259. The molecule has 0 bridgehead atoms. The van der Waals surface area contributed by atoms with E-state index in [-0.39, 0.29) is 11.8 Å². The molecule has 134 valence electrons. The van der Waals surface area contributed by atoms with E-state index in [1.54, 1.807) is 41.0 Å². The highest BCUT2D eigenvalue weighted by Crippen LogP contribution is 2.26. The van der Waals surface area contributed by atoms with Gasteiger partial charge in [-0.3, -0.25) is 9.48 Å². The summed E-state index contributed by atoms with van der Waals surface area (Å²) in [5.74, 6) is 0.477. The van der Waals surface area contributed by atoms with Gasteiger partial charge in [0.15, 0.2) is 5.78 Å². The molecule has 2 amide bonds. The van der Waals surface area contributed by atoms with Gasteiger partial charge in [-0.15, -0.1) is 0 Å². The standard InChI is InChI=1S/C18H24N4O3/c1-5-25-17-7-6-15(13(2)23)10-16(17)20-18(24)21(3)9-8-14-11-19-22(4)12-14/h6-7,10-12H,5,8-9H2,1-4H3,(H,20,24). The number of aryl methyl sites for hydroxylation is 1. The summed E-state index contributed by atoms with van der Waals surface area (Å²) in [6.07, 6.45) is 4.42. The van der Waals surface area contributed by atoms with Crippen LogP contribution >= 0.6 is 0 Å². The Bertz CT molecular complexity index is 755. The van der Waals surface area contributed by atoms with Crippen LogP contribution in [0.1, 0.15) is 29.8 Å². The maximum atomic E-state index is 12.4. The molecule has 1 aromatic heterocycles. The van der Waals surface area contributed by atoms with Gasteiger partial charge in [0.1, 0.15) is 5.75 Å². The first kappa shape index (κ1) is 18.5. The summed E-state index contributed by atoms with van der Waals surface area (Å²) in [5.41, 5.74) is 2.08. The fourth-order valence-electron chi connectivity index (χ4n) is 2.34. The van der Waals surface area contributed by atoms with Gasteiger partial charge in [-0.1, -0.05) is 0 Å². The highest BCUT2D eigenvalue weighted by Gasteiger charge is 2.14. The van der Waals surface area contributed by atoms with E-state index in [0.29, 0.717) is 36.6 Å². The van der Waals surface area contributed by atoms with Gasteiger partial charge in [0.2, 0.25) is 0 Å². The van der Waals surface area contributed by atoms with Crippen molar-refractivity contribution in [3.63, 3.8) is 0 Å². The molecule has 2 rings (SSSR count). The molecule has 1 N–H and O–H groups in total. The first-order valence-electron chi connectivity index (χ1n) is 8.18. The lowest BCUT2D eigenvalue weighted by Gasteiger charge is -2.19. The molecule has 0 unspecified atom stereocenters. The molecule has 0 saturated heterocycles. The van der Waals surface area contributed by atoms with Gasteiger partial charge in [-0.2, -0.15) is 5.10 Å². The summed E-state index contributed by atoms with van der Waals surface area (Å²) in [6, 6.07) is 4.77. The Labute approximate surface area is 147 Å². The van der Waals surface area contributed by atoms with E-state index in [0.717, 1.165) is 5.56 Å². The fraction of sp³-hybridized carbons (Fsp3) is 0.389. The third-order valence-corrected chi connectivity index (χ3v) is 3.77. The lowest BCUT2D eigenvalue weighted by Crippen LogP contribution is -2.33. The van der Waals surface area contributed by atoms with Crippen LogP contribution in [0.5, 0.6) is 5.75 Å². The van der Waals surface area contributed by atoms with Gasteiger partial charge in [0, 0.05) is 32.4 Å². The number of hydrogen-bond acceptors (Lipinski definition) is 4. The number of anilines is 1. The number of nitrogens with one attached hydrogen (secondary N) is 1. The summed E-state index contributed by atoms with van der Waals surface area (Å²) in [7, 11) is 3.58. The van der Waals surface area contributed by atoms with E-state index in [1.807, 2.05) is 20.2 Å². The molecule has 1 heterocycles. The topological polar surface area (TPSA) is 76.5 Å². The third-order valence-electron chi connectivity index (χ3n) is 3.77. The van der Waals surface area contributed by atoms with Crippen molar-refractivity contribution in [3.05, 3.63) is 41.7 Å². The zero-order valence-corrected chi connectivity index (χ0v) is 15.1. The average Bonchev–Trinajstić information content (AvgIpc) is 2.99. The summed E-state index contributed by atoms with van der Waals surface area (Å²) < 4.78 is 7.26. The molecule has 0 spiro atoms. The van der Waals surface area contributed by atoms with Crippen LogP contribution in [0.2, 0.25) is 0 Å². The Morgan fingerprint density at radius 1 is 1.36 bits per heavy atom. The Balaban J connectivity index is 2.04. The van der Waals surface area contributed by atoms with Gasteiger partial charge in [0.25, 0.3) is 0 Å². The van der Waals surface area contributed by atoms with Crippen molar-refractivity contribution in [1.82, 2.24) is 14.7 Å². The van der Waals surface area contributed by atoms with Crippen LogP contribution in [0.4, 0.5) is 10.5 Å². The number of carbonyl (C=O) groups is 2. The quantitative estimate of drug-likeness (QED) is 0.784. The number of likely N-dealkylation sites (N-methyl/N-ethyl adjacent to an activating group) is 1. The molecule has 25 heavy (non-hydrogen) atoms. The smallest absolute Gasteiger partial charge is 0.321 e. The molecule has 0 saturated carbocycles.